The molecule has 0 aliphatic carbocycles. The number of hydrogen-bond acceptors (Lipinski definition) is 0. The van der Waals surface area contributed by atoms with Gasteiger partial charge in [-0.05, 0) is 41.0 Å². The minimum absolute atomic E-state index is 0.0102. The molecule has 0 bridgehead atoms. The molecule has 100 valence electrons. The maximum atomic E-state index is 12.8. The van der Waals surface area contributed by atoms with Crippen LogP contribution >= 0.6 is 11.6 Å². The Morgan fingerprint density at radius 1 is 0.895 bits per heavy atom. The monoisotopic (exact) mass is 288 g/mol. The quantitative estimate of drug-likeness (QED) is 0.523. The molecule has 0 atom stereocenters. The summed E-state index contributed by atoms with van der Waals surface area (Å²) >= 11 is 5.56. The Balaban J connectivity index is 2.47. The highest BCUT2D eigenvalue weighted by Crippen LogP contribution is 2.35. The van der Waals surface area contributed by atoms with E-state index in [4.69, 9.17) is 11.6 Å². The highest BCUT2D eigenvalue weighted by Gasteiger charge is 2.33. The van der Waals surface area contributed by atoms with E-state index in [0.717, 1.165) is 6.07 Å². The van der Waals surface area contributed by atoms with E-state index in [2.05, 4.69) is 0 Å². The molecule has 0 saturated carbocycles. The number of halogens is 5. The van der Waals surface area contributed by atoms with Gasteiger partial charge < -0.3 is 0 Å². The molecule has 0 aromatic heterocycles. The average Bonchev–Trinajstić information content (AvgIpc) is 2.38. The molecule has 0 nitrogen and oxygen atoms in total. The maximum absolute atomic E-state index is 12.8. The van der Waals surface area contributed by atoms with Gasteiger partial charge in [0.1, 0.15) is 5.82 Å². The number of hydrogen-bond donors (Lipinski definition) is 0. The van der Waals surface area contributed by atoms with Crippen molar-refractivity contribution < 1.29 is 17.6 Å². The first-order valence-corrected chi connectivity index (χ1v) is 5.97. The Morgan fingerprint density at radius 3 is 2.00 bits per heavy atom. The molecule has 0 fully saturated rings. The van der Waals surface area contributed by atoms with Gasteiger partial charge >= 0.3 is 6.18 Å². The summed E-state index contributed by atoms with van der Waals surface area (Å²) in [5.41, 5.74) is 0.481. The van der Waals surface area contributed by atoms with E-state index in [9.17, 15) is 17.6 Å². The molecule has 0 aliphatic rings. The fourth-order valence-electron chi connectivity index (χ4n) is 1.80. The summed E-state index contributed by atoms with van der Waals surface area (Å²) in [7, 11) is 0. The van der Waals surface area contributed by atoms with Crippen molar-refractivity contribution in [1.82, 2.24) is 0 Å². The van der Waals surface area contributed by atoms with Crippen molar-refractivity contribution in [2.45, 2.75) is 12.1 Å². The molecule has 2 aromatic carbocycles. The van der Waals surface area contributed by atoms with Gasteiger partial charge in [-0.1, -0.05) is 18.2 Å². The zero-order valence-electron chi connectivity index (χ0n) is 9.64. The zero-order valence-corrected chi connectivity index (χ0v) is 10.4. The van der Waals surface area contributed by atoms with E-state index in [1.807, 2.05) is 0 Å². The lowest BCUT2D eigenvalue weighted by molar-refractivity contribution is -0.138. The molecule has 5 heteroatoms. The number of benzene rings is 2. The summed E-state index contributed by atoms with van der Waals surface area (Å²) in [6, 6.07) is 9.26. The van der Waals surface area contributed by atoms with Gasteiger partial charge in [0.25, 0.3) is 0 Å². The molecule has 0 saturated heterocycles. The molecule has 0 spiro atoms. The Kier molecular flexibility index (Phi) is 3.80. The van der Waals surface area contributed by atoms with Crippen LogP contribution in [0.15, 0.2) is 42.5 Å². The SMILES string of the molecule is Fc1ccc(-c2ccc(C(F)(F)F)c(CCl)c2)cc1. The van der Waals surface area contributed by atoms with E-state index >= 15 is 0 Å². The van der Waals surface area contributed by atoms with Gasteiger partial charge in [0.05, 0.1) is 5.56 Å². The second-order valence-corrected chi connectivity index (χ2v) is 4.28. The third-order valence-electron chi connectivity index (χ3n) is 2.73. The van der Waals surface area contributed by atoms with Crippen molar-refractivity contribution >= 4 is 11.6 Å². The number of alkyl halides is 4. The molecule has 0 unspecified atom stereocenters. The highest BCUT2D eigenvalue weighted by atomic mass is 35.5. The first-order chi connectivity index (χ1) is 8.91. The summed E-state index contributed by atoms with van der Waals surface area (Å²) < 4.78 is 50.9. The Bertz CT molecular complexity index is 573. The lowest BCUT2D eigenvalue weighted by atomic mass is 9.99. The van der Waals surface area contributed by atoms with Crippen molar-refractivity contribution in [1.29, 1.82) is 0 Å². The summed E-state index contributed by atoms with van der Waals surface area (Å²) in [5.74, 6) is -0.627. The molecular formula is C14H9ClF4. The molecule has 0 aliphatic heterocycles. The van der Waals surface area contributed by atoms with Gasteiger partial charge in [-0.2, -0.15) is 13.2 Å². The maximum Gasteiger partial charge on any atom is 0.416 e. The van der Waals surface area contributed by atoms with Crippen LogP contribution in [-0.2, 0) is 12.1 Å². The van der Waals surface area contributed by atoms with Gasteiger partial charge in [-0.15, -0.1) is 11.6 Å². The van der Waals surface area contributed by atoms with E-state index < -0.39 is 17.6 Å². The van der Waals surface area contributed by atoms with E-state index in [1.165, 1.54) is 36.4 Å². The predicted octanol–water partition coefficient (Wildman–Crippen LogP) is 5.25. The molecule has 2 rings (SSSR count). The minimum Gasteiger partial charge on any atom is -0.207 e. The second-order valence-electron chi connectivity index (χ2n) is 4.01. The lowest BCUT2D eigenvalue weighted by Gasteiger charge is -2.13. The third-order valence-corrected chi connectivity index (χ3v) is 3.02. The second kappa shape index (κ2) is 5.21. The normalized spacial score (nSPS) is 11.6. The first kappa shape index (κ1) is 13.9. The van der Waals surface area contributed by atoms with Crippen LogP contribution in [0.1, 0.15) is 11.1 Å². The van der Waals surface area contributed by atoms with Crippen molar-refractivity contribution in [3.63, 3.8) is 0 Å². The van der Waals surface area contributed by atoms with Crippen molar-refractivity contribution in [3.05, 3.63) is 59.4 Å². The van der Waals surface area contributed by atoms with Crippen LogP contribution in [0.2, 0.25) is 0 Å². The van der Waals surface area contributed by atoms with Gasteiger partial charge in [0, 0.05) is 5.88 Å². The van der Waals surface area contributed by atoms with Gasteiger partial charge in [-0.25, -0.2) is 4.39 Å². The van der Waals surface area contributed by atoms with Crippen LogP contribution in [0.4, 0.5) is 17.6 Å². The fourth-order valence-corrected chi connectivity index (χ4v) is 2.02. The average molecular weight is 289 g/mol. The van der Waals surface area contributed by atoms with E-state index in [0.29, 0.717) is 11.1 Å². The summed E-state index contributed by atoms with van der Waals surface area (Å²) in [6.07, 6.45) is -4.43. The molecule has 0 N–H and O–H groups in total. The van der Waals surface area contributed by atoms with Crippen molar-refractivity contribution in [2.24, 2.45) is 0 Å². The van der Waals surface area contributed by atoms with Gasteiger partial charge in [0.15, 0.2) is 0 Å². The fraction of sp³-hybridized carbons (Fsp3) is 0.143. The predicted molar refractivity (Wildman–Crippen MR) is 66.4 cm³/mol. The van der Waals surface area contributed by atoms with Crippen LogP contribution in [0, 0.1) is 5.82 Å². The van der Waals surface area contributed by atoms with Crippen molar-refractivity contribution in [3.8, 4) is 11.1 Å². The van der Waals surface area contributed by atoms with Gasteiger partial charge in [-0.3, -0.25) is 0 Å². The molecule has 0 radical (unpaired) electrons. The van der Waals surface area contributed by atoms with Crippen molar-refractivity contribution in [2.75, 3.05) is 0 Å². The third kappa shape index (κ3) is 3.07. The van der Waals surface area contributed by atoms with Crippen LogP contribution in [0.5, 0.6) is 0 Å². The zero-order chi connectivity index (χ0) is 14.0. The standard InChI is InChI=1S/C14H9ClF4/c15-8-11-7-10(3-6-13(11)14(17,18)19)9-1-4-12(16)5-2-9/h1-7H,8H2. The first-order valence-electron chi connectivity index (χ1n) is 5.44. The van der Waals surface area contributed by atoms with Crippen LogP contribution < -0.4 is 0 Å². The summed E-state index contributed by atoms with van der Waals surface area (Å²) in [4.78, 5) is 0. The number of rotatable bonds is 2. The molecule has 0 heterocycles. The summed E-state index contributed by atoms with van der Waals surface area (Å²) in [6.45, 7) is 0. The van der Waals surface area contributed by atoms with Crippen LogP contribution in [-0.4, -0.2) is 0 Å². The Labute approximate surface area is 112 Å². The molecule has 2 aromatic rings. The highest BCUT2D eigenvalue weighted by molar-refractivity contribution is 6.17. The molecule has 0 amide bonds. The van der Waals surface area contributed by atoms with E-state index in [1.54, 1.807) is 0 Å². The topological polar surface area (TPSA) is 0 Å². The largest absolute Gasteiger partial charge is 0.416 e. The Morgan fingerprint density at radius 2 is 1.47 bits per heavy atom. The Hall–Kier alpha value is -1.55. The lowest BCUT2D eigenvalue weighted by Crippen LogP contribution is -2.08. The van der Waals surface area contributed by atoms with Crippen LogP contribution in [0.3, 0.4) is 0 Å². The van der Waals surface area contributed by atoms with E-state index in [-0.39, 0.29) is 11.4 Å². The summed E-state index contributed by atoms with van der Waals surface area (Å²) in [5, 5.41) is 0. The molecule has 19 heavy (non-hydrogen) atoms. The van der Waals surface area contributed by atoms with Crippen LogP contribution in [0.25, 0.3) is 11.1 Å². The van der Waals surface area contributed by atoms with Gasteiger partial charge in [0.2, 0.25) is 0 Å². The smallest absolute Gasteiger partial charge is 0.207 e. The minimum atomic E-state index is -4.43. The molecular weight excluding hydrogens is 280 g/mol.